The van der Waals surface area contributed by atoms with Crippen molar-refractivity contribution in [3.05, 3.63) is 35.0 Å². The van der Waals surface area contributed by atoms with Crippen LogP contribution in [-0.4, -0.2) is 30.5 Å². The van der Waals surface area contributed by atoms with Crippen LogP contribution in [0.4, 0.5) is 0 Å². The number of amides is 1. The largest absolute Gasteiger partial charge is 1.00 e. The molecule has 102 valence electrons. The molecule has 2 aromatic rings. The third kappa shape index (κ3) is 2.84. The molecule has 0 aliphatic carbocycles. The van der Waals surface area contributed by atoms with E-state index in [4.69, 9.17) is 4.74 Å². The number of rotatable bonds is 2. The van der Waals surface area contributed by atoms with Gasteiger partial charge < -0.3 is 20.0 Å². The summed E-state index contributed by atoms with van der Waals surface area (Å²) in [5.41, 5.74) is 0.974. The fourth-order valence-electron chi connectivity index (χ4n) is 2.48. The van der Waals surface area contributed by atoms with Crippen molar-refractivity contribution < 1.29 is 70.8 Å². The van der Waals surface area contributed by atoms with Gasteiger partial charge in [0.1, 0.15) is 5.75 Å². The zero-order valence-corrected chi connectivity index (χ0v) is 14.8. The number of hydrogen-bond acceptors (Lipinski definition) is 5. The van der Waals surface area contributed by atoms with Gasteiger partial charge in [0, 0.05) is 11.9 Å². The second kappa shape index (κ2) is 6.41. The number of ether oxygens (including phenoxy) is 1. The van der Waals surface area contributed by atoms with Gasteiger partial charge in [-0.2, -0.15) is 0 Å². The predicted molar refractivity (Wildman–Crippen MR) is 68.7 cm³/mol. The van der Waals surface area contributed by atoms with Crippen LogP contribution in [0.15, 0.2) is 18.2 Å². The maximum absolute atomic E-state index is 11.9. The van der Waals surface area contributed by atoms with Crippen molar-refractivity contribution in [3.8, 4) is 5.75 Å². The van der Waals surface area contributed by atoms with Crippen LogP contribution in [0, 0.1) is 0 Å². The SMILES string of the molecule is COc1ccc2nc(C(=O)[O-])c3c(c2c1)CCNC3=O.[K+]. The molecule has 0 bridgehead atoms. The van der Waals surface area contributed by atoms with Gasteiger partial charge >= 0.3 is 51.4 Å². The van der Waals surface area contributed by atoms with Gasteiger partial charge in [-0.05, 0) is 30.2 Å². The Morgan fingerprint density at radius 1 is 1.43 bits per heavy atom. The first-order chi connectivity index (χ1) is 9.61. The summed E-state index contributed by atoms with van der Waals surface area (Å²) >= 11 is 0. The fourth-order valence-corrected chi connectivity index (χ4v) is 2.48. The van der Waals surface area contributed by atoms with Crippen LogP contribution in [0.2, 0.25) is 0 Å². The Morgan fingerprint density at radius 3 is 2.86 bits per heavy atom. The standard InChI is InChI=1S/C14H12N2O4.K/c1-20-7-2-3-10-9(6-7)8-4-5-15-13(17)11(8)12(16-10)14(18)19;/h2-3,6H,4-5H2,1H3,(H,15,17)(H,18,19);/q;+1/p-1. The van der Waals surface area contributed by atoms with E-state index >= 15 is 0 Å². The van der Waals surface area contributed by atoms with Crippen LogP contribution in [0.1, 0.15) is 26.4 Å². The summed E-state index contributed by atoms with van der Waals surface area (Å²) in [6, 6.07) is 5.13. The first-order valence-corrected chi connectivity index (χ1v) is 6.12. The van der Waals surface area contributed by atoms with Crippen LogP contribution in [0.25, 0.3) is 10.9 Å². The molecule has 1 aromatic carbocycles. The Bertz CT molecular complexity index is 745. The van der Waals surface area contributed by atoms with Crippen molar-refractivity contribution in [2.75, 3.05) is 13.7 Å². The molecule has 1 amide bonds. The molecule has 2 heterocycles. The number of carbonyl (C=O) groups excluding carboxylic acids is 2. The molecule has 0 radical (unpaired) electrons. The second-order valence-electron chi connectivity index (χ2n) is 4.49. The van der Waals surface area contributed by atoms with E-state index in [-0.39, 0.29) is 62.6 Å². The molecule has 0 fully saturated rings. The van der Waals surface area contributed by atoms with E-state index in [0.29, 0.717) is 29.8 Å². The van der Waals surface area contributed by atoms with Gasteiger partial charge in [0.05, 0.1) is 29.9 Å². The normalized spacial score (nSPS) is 13.1. The van der Waals surface area contributed by atoms with Gasteiger partial charge in [-0.1, -0.05) is 0 Å². The molecular weight excluding hydrogens is 299 g/mol. The molecule has 1 aromatic heterocycles. The summed E-state index contributed by atoms with van der Waals surface area (Å²) in [4.78, 5) is 27.2. The molecule has 7 heteroatoms. The number of fused-ring (bicyclic) bond motifs is 3. The maximum atomic E-state index is 11.9. The van der Waals surface area contributed by atoms with E-state index in [1.807, 2.05) is 0 Å². The number of carbonyl (C=O) groups is 2. The van der Waals surface area contributed by atoms with Crippen molar-refractivity contribution in [2.45, 2.75) is 6.42 Å². The number of aromatic carboxylic acids is 1. The molecule has 6 nitrogen and oxygen atoms in total. The first kappa shape index (κ1) is 16.4. The molecule has 0 spiro atoms. The number of aromatic nitrogens is 1. The Morgan fingerprint density at radius 2 is 2.19 bits per heavy atom. The van der Waals surface area contributed by atoms with E-state index in [9.17, 15) is 14.7 Å². The Labute approximate surface area is 163 Å². The number of carboxylic acids is 1. The van der Waals surface area contributed by atoms with Crippen molar-refractivity contribution in [1.82, 2.24) is 10.3 Å². The molecule has 1 aliphatic heterocycles. The summed E-state index contributed by atoms with van der Waals surface area (Å²) < 4.78 is 5.16. The van der Waals surface area contributed by atoms with Gasteiger partial charge in [0.2, 0.25) is 0 Å². The molecule has 1 aliphatic rings. The van der Waals surface area contributed by atoms with E-state index in [1.54, 1.807) is 25.3 Å². The smallest absolute Gasteiger partial charge is 0.543 e. The molecule has 21 heavy (non-hydrogen) atoms. The van der Waals surface area contributed by atoms with E-state index < -0.39 is 11.9 Å². The Hall–Kier alpha value is -0.994. The van der Waals surface area contributed by atoms with E-state index in [2.05, 4.69) is 10.3 Å². The summed E-state index contributed by atoms with van der Waals surface area (Å²) in [6.45, 7) is 0.467. The van der Waals surface area contributed by atoms with Crippen LogP contribution in [0.3, 0.4) is 0 Å². The van der Waals surface area contributed by atoms with Crippen LogP contribution in [0.5, 0.6) is 5.75 Å². The summed E-state index contributed by atoms with van der Waals surface area (Å²) in [7, 11) is 1.54. The van der Waals surface area contributed by atoms with Crippen molar-refractivity contribution >= 4 is 22.8 Å². The van der Waals surface area contributed by atoms with Crippen LogP contribution >= 0.6 is 0 Å². The monoisotopic (exact) mass is 310 g/mol. The van der Waals surface area contributed by atoms with E-state index in [1.165, 1.54) is 0 Å². The molecular formula is C14H11KN2O4. The van der Waals surface area contributed by atoms with Crippen LogP contribution in [-0.2, 0) is 6.42 Å². The summed E-state index contributed by atoms with van der Waals surface area (Å²) in [6.07, 6.45) is 0.549. The number of nitrogens with one attached hydrogen (secondary N) is 1. The average molecular weight is 310 g/mol. The second-order valence-corrected chi connectivity index (χ2v) is 4.49. The zero-order chi connectivity index (χ0) is 14.3. The van der Waals surface area contributed by atoms with Crippen molar-refractivity contribution in [2.24, 2.45) is 0 Å². The summed E-state index contributed by atoms with van der Waals surface area (Å²) in [5, 5.41) is 14.6. The van der Waals surface area contributed by atoms with Crippen molar-refractivity contribution in [3.63, 3.8) is 0 Å². The minimum absolute atomic E-state index is 0. The zero-order valence-electron chi connectivity index (χ0n) is 11.7. The fraction of sp³-hybridized carbons (Fsp3) is 0.214. The van der Waals surface area contributed by atoms with Gasteiger partial charge in [-0.3, -0.25) is 4.79 Å². The first-order valence-electron chi connectivity index (χ1n) is 6.12. The number of benzene rings is 1. The Kier molecular flexibility index (Phi) is 5.00. The predicted octanol–water partition coefficient (Wildman–Crippen LogP) is -3.10. The minimum Gasteiger partial charge on any atom is -0.543 e. The van der Waals surface area contributed by atoms with Gasteiger partial charge in [0.25, 0.3) is 5.91 Å². The van der Waals surface area contributed by atoms with Gasteiger partial charge in [0.15, 0.2) is 0 Å². The minimum atomic E-state index is -1.45. The van der Waals surface area contributed by atoms with Crippen molar-refractivity contribution in [1.29, 1.82) is 0 Å². The topological polar surface area (TPSA) is 91.3 Å². The third-order valence-corrected chi connectivity index (χ3v) is 3.38. The number of pyridine rings is 1. The Balaban J connectivity index is 0.00000161. The van der Waals surface area contributed by atoms with E-state index in [0.717, 1.165) is 5.39 Å². The molecule has 0 atom stereocenters. The van der Waals surface area contributed by atoms with Gasteiger partial charge in [-0.15, -0.1) is 0 Å². The molecule has 0 saturated carbocycles. The molecule has 1 N–H and O–H groups in total. The molecule has 0 unspecified atom stereocenters. The number of hydrogen-bond donors (Lipinski definition) is 1. The molecule has 0 saturated heterocycles. The maximum Gasteiger partial charge on any atom is 1.00 e. The van der Waals surface area contributed by atoms with Gasteiger partial charge in [-0.25, -0.2) is 4.98 Å². The quantitative estimate of drug-likeness (QED) is 0.593. The number of carboxylic acid groups (broad SMARTS) is 1. The number of nitrogens with zero attached hydrogens (tertiary/aromatic N) is 1. The third-order valence-electron chi connectivity index (χ3n) is 3.38. The summed E-state index contributed by atoms with van der Waals surface area (Å²) in [5.74, 6) is -1.24. The molecule has 3 rings (SSSR count). The number of methoxy groups -OCH3 is 1. The van der Waals surface area contributed by atoms with Crippen LogP contribution < -0.4 is 66.5 Å². The average Bonchev–Trinajstić information content (AvgIpc) is 2.46.